The summed E-state index contributed by atoms with van der Waals surface area (Å²) in [5, 5.41) is 4.05. The quantitative estimate of drug-likeness (QED) is 0.343. The van der Waals surface area contributed by atoms with Gasteiger partial charge in [-0.1, -0.05) is 37.3 Å². The number of aromatic amines is 1. The van der Waals surface area contributed by atoms with E-state index in [1.54, 1.807) is 0 Å². The molecular formula is C28H30FN3O. The van der Waals surface area contributed by atoms with E-state index in [0.29, 0.717) is 11.5 Å². The van der Waals surface area contributed by atoms with Crippen molar-refractivity contribution in [3.63, 3.8) is 0 Å². The number of hydrogen-bond donors (Lipinski definition) is 2. The molecule has 4 nitrogen and oxygen atoms in total. The van der Waals surface area contributed by atoms with Gasteiger partial charge < -0.3 is 15.2 Å². The monoisotopic (exact) mass is 443 g/mol. The van der Waals surface area contributed by atoms with E-state index in [0.717, 1.165) is 41.8 Å². The molecule has 0 aliphatic rings. The number of nitrogens with zero attached hydrogens (tertiary/aromatic N) is 1. The van der Waals surface area contributed by atoms with E-state index in [-0.39, 0.29) is 11.7 Å². The van der Waals surface area contributed by atoms with Crippen molar-refractivity contribution in [1.82, 2.24) is 9.88 Å². The molecule has 4 rings (SSSR count). The number of nitrogens with one attached hydrogen (secondary N) is 2. The minimum Gasteiger partial charge on any atom is -0.358 e. The van der Waals surface area contributed by atoms with Crippen LogP contribution in [0.4, 0.5) is 10.1 Å². The molecule has 3 aromatic carbocycles. The zero-order chi connectivity index (χ0) is 23.4. The minimum absolute atomic E-state index is 0.252. The van der Waals surface area contributed by atoms with Gasteiger partial charge in [0.2, 0.25) is 0 Å². The van der Waals surface area contributed by atoms with Crippen LogP contribution in [0.25, 0.3) is 10.9 Å². The Labute approximate surface area is 194 Å². The molecule has 0 fully saturated rings. The van der Waals surface area contributed by atoms with Crippen LogP contribution in [0.15, 0.2) is 72.8 Å². The van der Waals surface area contributed by atoms with E-state index in [4.69, 9.17) is 0 Å². The molecule has 33 heavy (non-hydrogen) atoms. The molecule has 5 heteroatoms. The second-order valence-electron chi connectivity index (χ2n) is 8.77. The van der Waals surface area contributed by atoms with Crippen molar-refractivity contribution < 1.29 is 9.18 Å². The van der Waals surface area contributed by atoms with Gasteiger partial charge in [-0.25, -0.2) is 4.39 Å². The van der Waals surface area contributed by atoms with Crippen LogP contribution in [0.5, 0.6) is 0 Å². The lowest BCUT2D eigenvalue weighted by Gasteiger charge is -2.21. The van der Waals surface area contributed by atoms with Gasteiger partial charge in [0.05, 0.1) is 0 Å². The van der Waals surface area contributed by atoms with Gasteiger partial charge in [-0.15, -0.1) is 0 Å². The number of fused-ring (bicyclic) bond motifs is 1. The van der Waals surface area contributed by atoms with Crippen LogP contribution >= 0.6 is 0 Å². The number of aryl methyl sites for hydroxylation is 1. The Kier molecular flexibility index (Phi) is 6.90. The first-order chi connectivity index (χ1) is 15.9. The number of H-pyrrole nitrogens is 1. The highest BCUT2D eigenvalue weighted by Gasteiger charge is 2.14. The number of amides is 1. The molecule has 0 radical (unpaired) electrons. The average Bonchev–Trinajstić information content (AvgIpc) is 3.13. The Morgan fingerprint density at radius 2 is 1.79 bits per heavy atom. The van der Waals surface area contributed by atoms with Gasteiger partial charge in [-0.3, -0.25) is 4.79 Å². The highest BCUT2D eigenvalue weighted by Crippen LogP contribution is 2.26. The van der Waals surface area contributed by atoms with Crippen molar-refractivity contribution in [3.8, 4) is 0 Å². The summed E-state index contributed by atoms with van der Waals surface area (Å²) in [6, 6.07) is 22.1. The van der Waals surface area contributed by atoms with Crippen molar-refractivity contribution >= 4 is 22.5 Å². The van der Waals surface area contributed by atoms with Gasteiger partial charge in [0.1, 0.15) is 5.82 Å². The molecule has 2 N–H and O–H groups in total. The second kappa shape index (κ2) is 10.0. The molecule has 1 amide bonds. The summed E-state index contributed by atoms with van der Waals surface area (Å²) >= 11 is 0. The maximum atomic E-state index is 13.1. The maximum Gasteiger partial charge on any atom is 0.255 e. The Balaban J connectivity index is 1.44. The van der Waals surface area contributed by atoms with Crippen LogP contribution in [-0.4, -0.2) is 35.9 Å². The number of carbonyl (C=O) groups is 1. The highest BCUT2D eigenvalue weighted by atomic mass is 19.1. The van der Waals surface area contributed by atoms with Crippen LogP contribution < -0.4 is 5.32 Å². The fraction of sp³-hybridized carbons (Fsp3) is 0.250. The van der Waals surface area contributed by atoms with Gasteiger partial charge in [0.15, 0.2) is 0 Å². The SMILES string of the molecule is Cc1[nH]c2ccc(NC(=O)c3ccc(F)cc3)cc2c1CCN(C)CC(C)c1ccccc1. The van der Waals surface area contributed by atoms with Crippen molar-refractivity contribution in [2.75, 3.05) is 25.5 Å². The molecule has 170 valence electrons. The molecule has 0 saturated heterocycles. The first kappa shape index (κ1) is 22.7. The molecule has 0 aliphatic heterocycles. The highest BCUT2D eigenvalue weighted by molar-refractivity contribution is 6.05. The average molecular weight is 444 g/mol. The fourth-order valence-electron chi connectivity index (χ4n) is 4.34. The van der Waals surface area contributed by atoms with Crippen LogP contribution in [0, 0.1) is 12.7 Å². The summed E-state index contributed by atoms with van der Waals surface area (Å²) in [5.41, 5.74) is 5.98. The summed E-state index contributed by atoms with van der Waals surface area (Å²) < 4.78 is 13.1. The summed E-state index contributed by atoms with van der Waals surface area (Å²) in [4.78, 5) is 18.4. The lowest BCUT2D eigenvalue weighted by Crippen LogP contribution is -2.26. The molecule has 0 spiro atoms. The molecule has 1 heterocycles. The topological polar surface area (TPSA) is 48.1 Å². The third-order valence-electron chi connectivity index (χ3n) is 6.18. The van der Waals surface area contributed by atoms with Crippen molar-refractivity contribution in [2.45, 2.75) is 26.2 Å². The lowest BCUT2D eigenvalue weighted by molar-refractivity contribution is 0.102. The number of carbonyl (C=O) groups excluding carboxylic acids is 1. The predicted octanol–water partition coefficient (Wildman–Crippen LogP) is 6.15. The molecule has 0 aliphatic carbocycles. The Bertz CT molecular complexity index is 1230. The molecular weight excluding hydrogens is 413 g/mol. The molecule has 1 atom stereocenters. The second-order valence-corrected chi connectivity index (χ2v) is 8.77. The number of aromatic nitrogens is 1. The van der Waals surface area contributed by atoms with Gasteiger partial charge in [-0.05, 0) is 79.9 Å². The smallest absolute Gasteiger partial charge is 0.255 e. The normalized spacial score (nSPS) is 12.3. The summed E-state index contributed by atoms with van der Waals surface area (Å²) in [6.07, 6.45) is 0.916. The third-order valence-corrected chi connectivity index (χ3v) is 6.18. The van der Waals surface area contributed by atoms with Crippen LogP contribution in [0.2, 0.25) is 0 Å². The predicted molar refractivity (Wildman–Crippen MR) is 133 cm³/mol. The first-order valence-corrected chi connectivity index (χ1v) is 11.3. The maximum absolute atomic E-state index is 13.1. The first-order valence-electron chi connectivity index (χ1n) is 11.3. The Hall–Kier alpha value is -3.44. The van der Waals surface area contributed by atoms with E-state index in [2.05, 4.69) is 66.4 Å². The van der Waals surface area contributed by atoms with Gasteiger partial charge in [-0.2, -0.15) is 0 Å². The van der Waals surface area contributed by atoms with E-state index in [9.17, 15) is 9.18 Å². The zero-order valence-corrected chi connectivity index (χ0v) is 19.4. The van der Waals surface area contributed by atoms with Crippen LogP contribution in [0.1, 0.15) is 40.0 Å². The molecule has 0 bridgehead atoms. The number of halogens is 1. The summed E-state index contributed by atoms with van der Waals surface area (Å²) in [6.45, 7) is 6.29. The standard InChI is InChI=1S/C28H30FN3O/c1-19(21-7-5-4-6-8-21)18-32(3)16-15-25-20(2)30-27-14-13-24(17-26(25)27)31-28(33)22-9-11-23(29)12-10-22/h4-14,17,19,30H,15-16,18H2,1-3H3,(H,31,33). The van der Waals surface area contributed by atoms with E-state index in [1.807, 2.05) is 18.2 Å². The van der Waals surface area contributed by atoms with Gasteiger partial charge in [0.25, 0.3) is 5.91 Å². The van der Waals surface area contributed by atoms with Crippen LogP contribution in [-0.2, 0) is 6.42 Å². The minimum atomic E-state index is -0.358. The van der Waals surface area contributed by atoms with Crippen molar-refractivity contribution in [2.24, 2.45) is 0 Å². The van der Waals surface area contributed by atoms with Gasteiger partial charge in [0, 0.05) is 40.9 Å². The molecule has 4 aromatic rings. The van der Waals surface area contributed by atoms with Crippen molar-refractivity contribution in [1.29, 1.82) is 0 Å². The van der Waals surface area contributed by atoms with E-state index < -0.39 is 0 Å². The zero-order valence-electron chi connectivity index (χ0n) is 19.4. The molecule has 0 saturated carbocycles. The lowest BCUT2D eigenvalue weighted by atomic mass is 10.0. The number of benzene rings is 3. The number of rotatable bonds is 8. The number of likely N-dealkylation sites (N-methyl/N-ethyl adjacent to an activating group) is 1. The van der Waals surface area contributed by atoms with E-state index >= 15 is 0 Å². The third kappa shape index (κ3) is 5.49. The number of anilines is 1. The fourth-order valence-corrected chi connectivity index (χ4v) is 4.34. The van der Waals surface area contributed by atoms with E-state index in [1.165, 1.54) is 35.4 Å². The van der Waals surface area contributed by atoms with Gasteiger partial charge >= 0.3 is 0 Å². The van der Waals surface area contributed by atoms with Crippen LogP contribution in [0.3, 0.4) is 0 Å². The number of hydrogen-bond acceptors (Lipinski definition) is 2. The Morgan fingerprint density at radius 1 is 1.06 bits per heavy atom. The molecule has 1 aromatic heterocycles. The largest absolute Gasteiger partial charge is 0.358 e. The summed E-state index contributed by atoms with van der Waals surface area (Å²) in [7, 11) is 2.16. The Morgan fingerprint density at radius 3 is 2.52 bits per heavy atom. The summed E-state index contributed by atoms with van der Waals surface area (Å²) in [5.74, 6) is -0.144. The van der Waals surface area contributed by atoms with Crippen molar-refractivity contribution in [3.05, 3.63) is 101 Å². The molecule has 1 unspecified atom stereocenters.